The smallest absolute Gasteiger partial charge is 0.306 e. The van der Waals surface area contributed by atoms with E-state index in [1.807, 2.05) is 0 Å². The van der Waals surface area contributed by atoms with Gasteiger partial charge in [0.1, 0.15) is 13.2 Å². The maximum atomic E-state index is 12.9. The fourth-order valence-electron chi connectivity index (χ4n) is 9.32. The Bertz CT molecular complexity index is 1040. The van der Waals surface area contributed by atoms with Crippen LogP contribution in [0.5, 0.6) is 0 Å². The largest absolute Gasteiger partial charge is 0.462 e. The average molecular weight is 948 g/mol. The van der Waals surface area contributed by atoms with Gasteiger partial charge < -0.3 is 14.2 Å². The predicted octanol–water partition coefficient (Wildman–Crippen LogP) is 19.9. The quantitative estimate of drug-likeness (QED) is 0.0343. The van der Waals surface area contributed by atoms with E-state index in [0.717, 1.165) is 75.5 Å². The number of ether oxygens (including phenoxy) is 3. The number of rotatable bonds is 54. The van der Waals surface area contributed by atoms with Crippen molar-refractivity contribution in [3.63, 3.8) is 0 Å². The third kappa shape index (κ3) is 53.6. The van der Waals surface area contributed by atoms with E-state index in [-0.39, 0.29) is 31.1 Å². The van der Waals surface area contributed by atoms with Crippen molar-refractivity contribution in [2.75, 3.05) is 13.2 Å². The second-order valence-corrected chi connectivity index (χ2v) is 22.2. The topological polar surface area (TPSA) is 78.9 Å². The SMILES string of the molecule is CCC(C)CCCCCCCCCCCCCCCCCCCCC(=O)OC[C@H](COC(=O)CCCCCCCCCCC(C)C)OC(=O)CCCCCCCCCCCCCCCC(C)C. The Kier molecular flexibility index (Phi) is 51.0. The average Bonchev–Trinajstić information content (AvgIpc) is 3.30. The number of carbonyl (C=O) groups excluding carboxylic acids is 3. The molecule has 0 spiro atoms. The number of carbonyl (C=O) groups is 3. The van der Waals surface area contributed by atoms with Crippen LogP contribution in [0.1, 0.15) is 337 Å². The summed E-state index contributed by atoms with van der Waals surface area (Å²) in [5.74, 6) is 1.70. The van der Waals surface area contributed by atoms with Gasteiger partial charge in [-0.25, -0.2) is 0 Å². The molecule has 67 heavy (non-hydrogen) atoms. The van der Waals surface area contributed by atoms with Crippen LogP contribution in [0.15, 0.2) is 0 Å². The monoisotopic (exact) mass is 947 g/mol. The molecule has 0 aliphatic rings. The fraction of sp³-hybridized carbons (Fsp3) is 0.951. The summed E-state index contributed by atoms with van der Waals surface area (Å²) in [6.45, 7) is 13.8. The first kappa shape index (κ1) is 65.4. The van der Waals surface area contributed by atoms with Crippen molar-refractivity contribution in [2.24, 2.45) is 17.8 Å². The molecule has 0 saturated carbocycles. The van der Waals surface area contributed by atoms with Crippen molar-refractivity contribution < 1.29 is 28.6 Å². The molecule has 0 fully saturated rings. The Hall–Kier alpha value is -1.59. The van der Waals surface area contributed by atoms with E-state index in [4.69, 9.17) is 14.2 Å². The molecular formula is C61H118O6. The summed E-state index contributed by atoms with van der Waals surface area (Å²) in [5.41, 5.74) is 0. The van der Waals surface area contributed by atoms with Crippen LogP contribution >= 0.6 is 0 Å². The van der Waals surface area contributed by atoms with Crippen molar-refractivity contribution in [1.29, 1.82) is 0 Å². The predicted molar refractivity (Wildman–Crippen MR) is 289 cm³/mol. The normalized spacial score (nSPS) is 12.5. The highest BCUT2D eigenvalue weighted by atomic mass is 16.6. The zero-order valence-electron chi connectivity index (χ0n) is 46.2. The van der Waals surface area contributed by atoms with E-state index in [0.29, 0.717) is 19.3 Å². The van der Waals surface area contributed by atoms with Gasteiger partial charge in [-0.1, -0.05) is 298 Å². The van der Waals surface area contributed by atoms with Gasteiger partial charge in [0, 0.05) is 19.3 Å². The summed E-state index contributed by atoms with van der Waals surface area (Å²) in [6.07, 6.45) is 55.3. The van der Waals surface area contributed by atoms with Crippen LogP contribution in [0.2, 0.25) is 0 Å². The molecule has 0 radical (unpaired) electrons. The molecule has 0 amide bonds. The number of esters is 3. The summed E-state index contributed by atoms with van der Waals surface area (Å²) in [5, 5.41) is 0. The van der Waals surface area contributed by atoms with E-state index < -0.39 is 6.10 Å². The first-order valence-electron chi connectivity index (χ1n) is 30.1. The van der Waals surface area contributed by atoms with E-state index in [1.165, 1.54) is 218 Å². The molecule has 6 heteroatoms. The van der Waals surface area contributed by atoms with Crippen molar-refractivity contribution >= 4 is 17.9 Å². The number of hydrogen-bond donors (Lipinski definition) is 0. The lowest BCUT2D eigenvalue weighted by Gasteiger charge is -2.18. The molecule has 0 bridgehead atoms. The fourth-order valence-corrected chi connectivity index (χ4v) is 9.32. The molecule has 398 valence electrons. The Morgan fingerprint density at radius 1 is 0.299 bits per heavy atom. The molecule has 0 N–H and O–H groups in total. The minimum atomic E-state index is -0.764. The molecule has 0 rings (SSSR count). The summed E-state index contributed by atoms with van der Waals surface area (Å²) in [4.78, 5) is 38.1. The van der Waals surface area contributed by atoms with E-state index in [9.17, 15) is 14.4 Å². The minimum Gasteiger partial charge on any atom is -0.462 e. The van der Waals surface area contributed by atoms with Gasteiger partial charge in [-0.3, -0.25) is 14.4 Å². The van der Waals surface area contributed by atoms with E-state index in [2.05, 4.69) is 41.5 Å². The Balaban J connectivity index is 4.22. The maximum Gasteiger partial charge on any atom is 0.306 e. The van der Waals surface area contributed by atoms with Gasteiger partial charge in [-0.15, -0.1) is 0 Å². The van der Waals surface area contributed by atoms with Crippen molar-refractivity contribution in [2.45, 2.75) is 343 Å². The summed E-state index contributed by atoms with van der Waals surface area (Å²) < 4.78 is 16.9. The number of hydrogen-bond acceptors (Lipinski definition) is 6. The van der Waals surface area contributed by atoms with Gasteiger partial charge in [0.15, 0.2) is 6.10 Å². The first-order valence-corrected chi connectivity index (χ1v) is 30.1. The van der Waals surface area contributed by atoms with Gasteiger partial charge in [0.05, 0.1) is 0 Å². The lowest BCUT2D eigenvalue weighted by molar-refractivity contribution is -0.167. The summed E-state index contributed by atoms with van der Waals surface area (Å²) >= 11 is 0. The van der Waals surface area contributed by atoms with Gasteiger partial charge in [-0.2, -0.15) is 0 Å². The molecule has 6 nitrogen and oxygen atoms in total. The molecule has 0 saturated heterocycles. The van der Waals surface area contributed by atoms with Crippen molar-refractivity contribution in [1.82, 2.24) is 0 Å². The highest BCUT2D eigenvalue weighted by Crippen LogP contribution is 2.19. The second-order valence-electron chi connectivity index (χ2n) is 22.2. The lowest BCUT2D eigenvalue weighted by Crippen LogP contribution is -2.30. The van der Waals surface area contributed by atoms with Crippen molar-refractivity contribution in [3.8, 4) is 0 Å². The highest BCUT2D eigenvalue weighted by Gasteiger charge is 2.19. The molecule has 1 unspecified atom stereocenters. The molecule has 0 aliphatic carbocycles. The van der Waals surface area contributed by atoms with Crippen LogP contribution < -0.4 is 0 Å². The third-order valence-corrected chi connectivity index (χ3v) is 14.3. The van der Waals surface area contributed by atoms with Crippen LogP contribution in [-0.4, -0.2) is 37.2 Å². The standard InChI is InChI=1S/C61H118O6/c1-7-57(6)49-43-37-31-24-20-16-12-10-8-9-11-13-17-21-25-32-38-44-50-59(62)65-53-58(54-66-60(63)51-45-39-33-28-27-30-36-42-48-56(4)5)67-61(64)52-46-40-34-26-22-18-14-15-19-23-29-35-41-47-55(2)3/h55-58H,7-54H2,1-6H3/t57?,58-/m1/s1. The Labute approximate surface area is 418 Å². The first-order chi connectivity index (χ1) is 32.6. The van der Waals surface area contributed by atoms with Crippen LogP contribution in [-0.2, 0) is 28.6 Å². The lowest BCUT2D eigenvalue weighted by atomic mass is 9.99. The highest BCUT2D eigenvalue weighted by molar-refractivity contribution is 5.71. The van der Waals surface area contributed by atoms with Crippen LogP contribution in [0, 0.1) is 17.8 Å². The minimum absolute atomic E-state index is 0.0636. The molecular weight excluding hydrogens is 829 g/mol. The molecule has 0 aromatic rings. The molecule has 0 aromatic heterocycles. The van der Waals surface area contributed by atoms with Crippen LogP contribution in [0.4, 0.5) is 0 Å². The molecule has 0 aliphatic heterocycles. The molecule has 0 heterocycles. The summed E-state index contributed by atoms with van der Waals surface area (Å²) in [7, 11) is 0. The van der Waals surface area contributed by atoms with Gasteiger partial charge in [0.2, 0.25) is 0 Å². The van der Waals surface area contributed by atoms with Gasteiger partial charge >= 0.3 is 17.9 Å². The zero-order chi connectivity index (χ0) is 49.1. The zero-order valence-corrected chi connectivity index (χ0v) is 46.2. The molecule has 2 atom stereocenters. The second kappa shape index (κ2) is 52.2. The molecule has 0 aromatic carbocycles. The van der Waals surface area contributed by atoms with E-state index in [1.54, 1.807) is 0 Å². The van der Waals surface area contributed by atoms with Gasteiger partial charge in [0.25, 0.3) is 0 Å². The van der Waals surface area contributed by atoms with Crippen molar-refractivity contribution in [3.05, 3.63) is 0 Å². The van der Waals surface area contributed by atoms with Crippen LogP contribution in [0.3, 0.4) is 0 Å². The van der Waals surface area contributed by atoms with Gasteiger partial charge in [-0.05, 0) is 37.0 Å². The van der Waals surface area contributed by atoms with E-state index >= 15 is 0 Å². The Morgan fingerprint density at radius 3 is 0.776 bits per heavy atom. The number of unbranched alkanes of at least 4 members (excludes halogenated alkanes) is 36. The summed E-state index contributed by atoms with van der Waals surface area (Å²) in [6, 6.07) is 0. The van der Waals surface area contributed by atoms with Crippen LogP contribution in [0.25, 0.3) is 0 Å². The Morgan fingerprint density at radius 2 is 0.522 bits per heavy atom. The maximum absolute atomic E-state index is 12.9. The third-order valence-electron chi connectivity index (χ3n) is 14.3.